The Morgan fingerprint density at radius 3 is 1.52 bits per heavy atom. The summed E-state index contributed by atoms with van der Waals surface area (Å²) >= 11 is 0. The third-order valence-corrected chi connectivity index (χ3v) is 11.5. The third kappa shape index (κ3) is 6.02. The molecule has 290 valence electrons. The van der Waals surface area contributed by atoms with Crippen LogP contribution in [0.2, 0.25) is 0 Å². The smallest absolute Gasteiger partial charge is 0.180 e. The van der Waals surface area contributed by atoms with Gasteiger partial charge >= 0.3 is 0 Å². The van der Waals surface area contributed by atoms with E-state index in [2.05, 4.69) is 126 Å². The number of benzene rings is 8. The van der Waals surface area contributed by atoms with Gasteiger partial charge in [0.2, 0.25) is 0 Å². The van der Waals surface area contributed by atoms with E-state index >= 15 is 0 Å². The molecule has 4 aromatic heterocycles. The minimum Gasteiger partial charge on any atom is -0.452 e. The van der Waals surface area contributed by atoms with Crippen molar-refractivity contribution in [1.29, 1.82) is 0 Å². The van der Waals surface area contributed by atoms with E-state index in [4.69, 9.17) is 29.3 Å². The molecule has 0 fully saturated rings. The van der Waals surface area contributed by atoms with Crippen LogP contribution in [0.15, 0.2) is 211 Å². The molecule has 0 aliphatic carbocycles. The molecule has 0 N–H and O–H groups in total. The molecule has 0 atom stereocenters. The van der Waals surface area contributed by atoms with Crippen LogP contribution in [-0.4, -0.2) is 29.5 Å². The lowest BCUT2D eigenvalue weighted by molar-refractivity contribution is 0.667. The first-order valence-corrected chi connectivity index (χ1v) is 20.6. The maximum Gasteiger partial charge on any atom is 0.180 e. The highest BCUT2D eigenvalue weighted by molar-refractivity contribution is 6.10. The van der Waals surface area contributed by atoms with E-state index in [1.165, 1.54) is 0 Å². The monoisotopic (exact) mass is 794 g/mol. The Bertz CT molecular complexity index is 3520. The van der Waals surface area contributed by atoms with Gasteiger partial charge in [0.05, 0.1) is 16.7 Å². The van der Waals surface area contributed by atoms with Crippen molar-refractivity contribution in [3.05, 3.63) is 206 Å². The SMILES string of the molecule is c1ccc(-c2cccc(-c3nc(-c4ccc(-n5c6ccccc6c6ccccc65)c(-c5nc(-c6ccccc6)nc(-c6ccccc6)n5)c4)nc4c3oc3ccccc34)c2)cc1. The Hall–Kier alpha value is -8.55. The molecular formula is C55H34N6O. The number of hydrogen-bond donors (Lipinski definition) is 0. The van der Waals surface area contributed by atoms with E-state index in [0.29, 0.717) is 34.6 Å². The van der Waals surface area contributed by atoms with Gasteiger partial charge in [-0.15, -0.1) is 0 Å². The average Bonchev–Trinajstić information content (AvgIpc) is 3.90. The summed E-state index contributed by atoms with van der Waals surface area (Å²) in [5.41, 5.74) is 12.5. The van der Waals surface area contributed by atoms with Crippen LogP contribution in [0.3, 0.4) is 0 Å². The third-order valence-electron chi connectivity index (χ3n) is 11.5. The predicted octanol–water partition coefficient (Wildman–Crippen LogP) is 13.7. The molecular weight excluding hydrogens is 761 g/mol. The number of hydrogen-bond acceptors (Lipinski definition) is 6. The first kappa shape index (κ1) is 35.4. The van der Waals surface area contributed by atoms with Gasteiger partial charge < -0.3 is 8.98 Å². The zero-order valence-corrected chi connectivity index (χ0v) is 33.2. The quantitative estimate of drug-likeness (QED) is 0.160. The zero-order valence-electron chi connectivity index (χ0n) is 33.2. The molecule has 7 heteroatoms. The van der Waals surface area contributed by atoms with Crippen LogP contribution in [-0.2, 0) is 0 Å². The Morgan fingerprint density at radius 1 is 0.339 bits per heavy atom. The van der Waals surface area contributed by atoms with Crippen LogP contribution in [0.5, 0.6) is 0 Å². The first-order valence-electron chi connectivity index (χ1n) is 20.6. The van der Waals surface area contributed by atoms with Crippen LogP contribution < -0.4 is 0 Å². The fourth-order valence-electron chi connectivity index (χ4n) is 8.55. The van der Waals surface area contributed by atoms with Crippen LogP contribution in [0.4, 0.5) is 0 Å². The van der Waals surface area contributed by atoms with E-state index in [-0.39, 0.29) is 0 Å². The van der Waals surface area contributed by atoms with E-state index in [1.54, 1.807) is 0 Å². The molecule has 0 saturated carbocycles. The molecule has 7 nitrogen and oxygen atoms in total. The normalized spacial score (nSPS) is 11.5. The topological polar surface area (TPSA) is 82.5 Å². The van der Waals surface area contributed by atoms with E-state index in [9.17, 15) is 0 Å². The predicted molar refractivity (Wildman–Crippen MR) is 250 cm³/mol. The minimum absolute atomic E-state index is 0.530. The maximum atomic E-state index is 6.57. The maximum absolute atomic E-state index is 6.57. The number of para-hydroxylation sites is 3. The van der Waals surface area contributed by atoms with Crippen LogP contribution in [0, 0.1) is 0 Å². The second kappa shape index (κ2) is 14.6. The molecule has 4 heterocycles. The Labute approximate surface area is 356 Å². The van der Waals surface area contributed by atoms with Gasteiger partial charge in [-0.1, -0.05) is 158 Å². The van der Waals surface area contributed by atoms with E-state index < -0.39 is 0 Å². The number of rotatable bonds is 7. The summed E-state index contributed by atoms with van der Waals surface area (Å²) in [7, 11) is 0. The van der Waals surface area contributed by atoms with Gasteiger partial charge in [0.15, 0.2) is 28.9 Å². The molecule has 0 amide bonds. The summed E-state index contributed by atoms with van der Waals surface area (Å²) in [5.74, 6) is 2.24. The molecule has 0 radical (unpaired) electrons. The molecule has 8 aromatic carbocycles. The molecule has 0 unspecified atom stereocenters. The van der Waals surface area contributed by atoms with Crippen molar-refractivity contribution in [2.45, 2.75) is 0 Å². The molecule has 62 heavy (non-hydrogen) atoms. The summed E-state index contributed by atoms with van der Waals surface area (Å²) in [5, 5.41) is 3.24. The lowest BCUT2D eigenvalue weighted by Gasteiger charge is -2.16. The zero-order chi connectivity index (χ0) is 41.0. The van der Waals surface area contributed by atoms with Crippen molar-refractivity contribution in [2.75, 3.05) is 0 Å². The van der Waals surface area contributed by atoms with E-state index in [1.807, 2.05) is 84.9 Å². The van der Waals surface area contributed by atoms with Crippen molar-refractivity contribution in [2.24, 2.45) is 0 Å². The Balaban J connectivity index is 1.14. The molecule has 0 aliphatic rings. The number of furan rings is 1. The minimum atomic E-state index is 0.530. The highest BCUT2D eigenvalue weighted by atomic mass is 16.3. The standard InChI is InChI=1S/C55H34N6O/c1-4-17-35(18-5-1)38-23-16-24-39(33-38)49-51-50(43-27-12-15-30-48(43)62-51)57-54(56-49)40-31-32-47(61-45-28-13-10-25-41(45)42-26-11-14-29-46(42)61)44(34-40)55-59-52(36-19-6-2-7-20-36)58-53(60-55)37-21-8-3-9-22-37/h1-34H. The van der Waals surface area contributed by atoms with Crippen molar-refractivity contribution in [3.8, 4) is 73.6 Å². The number of fused-ring (bicyclic) bond motifs is 6. The second-order valence-electron chi connectivity index (χ2n) is 15.3. The van der Waals surface area contributed by atoms with Crippen molar-refractivity contribution < 1.29 is 4.42 Å². The number of aromatic nitrogens is 6. The Morgan fingerprint density at radius 2 is 0.855 bits per heavy atom. The summed E-state index contributed by atoms with van der Waals surface area (Å²) in [4.78, 5) is 26.2. The van der Waals surface area contributed by atoms with Gasteiger partial charge in [-0.05, 0) is 59.7 Å². The van der Waals surface area contributed by atoms with Crippen molar-refractivity contribution in [3.63, 3.8) is 0 Å². The van der Waals surface area contributed by atoms with Gasteiger partial charge in [0, 0.05) is 44.0 Å². The van der Waals surface area contributed by atoms with Gasteiger partial charge in [0.1, 0.15) is 16.8 Å². The van der Waals surface area contributed by atoms with Gasteiger partial charge in [0.25, 0.3) is 0 Å². The molecule has 0 spiro atoms. The lowest BCUT2D eigenvalue weighted by atomic mass is 10.0. The molecule has 0 saturated heterocycles. The molecule has 12 aromatic rings. The van der Waals surface area contributed by atoms with Crippen LogP contribution in [0.25, 0.3) is 117 Å². The van der Waals surface area contributed by atoms with E-state index in [0.717, 1.165) is 82.9 Å². The molecule has 0 aliphatic heterocycles. The van der Waals surface area contributed by atoms with Crippen LogP contribution in [0.1, 0.15) is 0 Å². The van der Waals surface area contributed by atoms with Gasteiger partial charge in [-0.3, -0.25) is 0 Å². The van der Waals surface area contributed by atoms with Gasteiger partial charge in [-0.2, -0.15) is 0 Å². The molecule has 12 rings (SSSR count). The highest BCUT2D eigenvalue weighted by Gasteiger charge is 2.23. The van der Waals surface area contributed by atoms with Crippen LogP contribution >= 0.6 is 0 Å². The Kier molecular flexibility index (Phi) is 8.35. The number of nitrogens with zero attached hydrogens (tertiary/aromatic N) is 6. The fourth-order valence-corrected chi connectivity index (χ4v) is 8.55. The fraction of sp³-hybridized carbons (Fsp3) is 0. The summed E-state index contributed by atoms with van der Waals surface area (Å²) < 4.78 is 8.88. The largest absolute Gasteiger partial charge is 0.452 e. The highest BCUT2D eigenvalue weighted by Crippen LogP contribution is 2.40. The lowest BCUT2D eigenvalue weighted by Crippen LogP contribution is -2.04. The summed E-state index contributed by atoms with van der Waals surface area (Å²) in [6.45, 7) is 0. The summed E-state index contributed by atoms with van der Waals surface area (Å²) in [6, 6.07) is 70.5. The van der Waals surface area contributed by atoms with Crippen molar-refractivity contribution in [1.82, 2.24) is 29.5 Å². The van der Waals surface area contributed by atoms with Gasteiger partial charge in [-0.25, -0.2) is 24.9 Å². The molecule has 0 bridgehead atoms. The summed E-state index contributed by atoms with van der Waals surface area (Å²) in [6.07, 6.45) is 0. The second-order valence-corrected chi connectivity index (χ2v) is 15.3. The van der Waals surface area contributed by atoms with Crippen molar-refractivity contribution >= 4 is 43.9 Å². The first-order chi connectivity index (χ1) is 30.7. The average molecular weight is 795 g/mol.